The van der Waals surface area contributed by atoms with Crippen molar-refractivity contribution in [1.82, 2.24) is 4.90 Å². The van der Waals surface area contributed by atoms with E-state index in [1.165, 1.54) is 7.11 Å². The van der Waals surface area contributed by atoms with Gasteiger partial charge in [-0.25, -0.2) is 4.79 Å². The number of aliphatic hydroxyl groups excluding tert-OH is 3. The number of hydrogen-bond donors (Lipinski definition) is 4. The highest BCUT2D eigenvalue weighted by atomic mass is 16.6. The highest BCUT2D eigenvalue weighted by Gasteiger charge is 2.53. The van der Waals surface area contributed by atoms with E-state index in [-0.39, 0.29) is 80.5 Å². The Kier molecular flexibility index (Phi) is 22.3. The Morgan fingerprint density at radius 1 is 0.866 bits per heavy atom. The van der Waals surface area contributed by atoms with E-state index < -0.39 is 77.8 Å². The van der Waals surface area contributed by atoms with Crippen molar-refractivity contribution in [3.8, 4) is 0 Å². The smallest absolute Gasteiger partial charge is 0.329 e. The molecular formula is C52H81NO14. The first kappa shape index (κ1) is 56.2. The Bertz CT molecular complexity index is 1790. The molecule has 1 aliphatic carbocycles. The van der Waals surface area contributed by atoms with Crippen molar-refractivity contribution in [2.45, 2.75) is 180 Å². The fraction of sp³-hybridized carbons (Fsp3) is 0.750. The number of hydrogen-bond acceptors (Lipinski definition) is 14. The molecule has 2 saturated heterocycles. The first-order valence-electron chi connectivity index (χ1n) is 24.6. The molecule has 3 fully saturated rings. The summed E-state index contributed by atoms with van der Waals surface area (Å²) in [4.78, 5) is 71.8. The minimum absolute atomic E-state index is 0.00840. The maximum Gasteiger partial charge on any atom is 0.329 e. The van der Waals surface area contributed by atoms with Gasteiger partial charge in [-0.05, 0) is 107 Å². The van der Waals surface area contributed by atoms with Gasteiger partial charge in [0.2, 0.25) is 5.79 Å². The molecule has 67 heavy (non-hydrogen) atoms. The summed E-state index contributed by atoms with van der Waals surface area (Å²) in [6, 6.07) is -1.16. The number of nitrogens with zero attached hydrogens (tertiary/aromatic N) is 1. The molecule has 0 radical (unpaired) electrons. The van der Waals surface area contributed by atoms with E-state index in [1.54, 1.807) is 60.0 Å². The van der Waals surface area contributed by atoms with Gasteiger partial charge in [-0.15, -0.1) is 0 Å². The average Bonchev–Trinajstić information content (AvgIpc) is 3.30. The third-order valence-electron chi connectivity index (χ3n) is 14.6. The van der Waals surface area contributed by atoms with Crippen LogP contribution in [0.15, 0.2) is 47.6 Å². The number of allylic oxidation sites excluding steroid dienone is 6. The molecule has 4 rings (SSSR count). The van der Waals surface area contributed by atoms with Crippen LogP contribution in [0.25, 0.3) is 0 Å². The molecule has 0 aromatic rings. The lowest BCUT2D eigenvalue weighted by Crippen LogP contribution is -2.61. The minimum atomic E-state index is -2.49. The Labute approximate surface area is 398 Å². The summed E-state index contributed by atoms with van der Waals surface area (Å²) in [6.07, 6.45) is 10.3. The number of ether oxygens (including phenoxy) is 5. The van der Waals surface area contributed by atoms with Crippen molar-refractivity contribution in [2.75, 3.05) is 34.0 Å². The average molecular weight is 944 g/mol. The fourth-order valence-corrected chi connectivity index (χ4v) is 10.2. The number of carbonyl (C=O) groups excluding carboxylic acids is 5. The summed E-state index contributed by atoms with van der Waals surface area (Å²) in [7, 11) is 2.99. The summed E-state index contributed by atoms with van der Waals surface area (Å²) >= 11 is 0. The van der Waals surface area contributed by atoms with Crippen LogP contribution < -0.4 is 0 Å². The topological polar surface area (TPSA) is 216 Å². The standard InChI is InChI=1S/C52H81NO14/c1-31-15-11-10-12-16-32(2)41(55)29-39-20-18-37(7)52(62,67-39)49(59)50(60)53-22-14-13-17-40(53)51(61)66-44(34(4)27-38-19-21-43(65-24-23-54)45(28-38)63-8)30-42(56)33(3)26-36(6)47(58)48(64-9)46(57)35(5)25-31/h10-12,15-16,26,31,33-35,37-41,43-45,47-48,54-55,58,62H,13-14,17-25,27-30H2,1-9H3/b12-10+,15-11+,32-16+,36-26+/t31-,33-,34-,35-,37-,38-,39+,40+,41+,43+,44+,45+,47-,48+,52-/m1/s1. The van der Waals surface area contributed by atoms with Crippen LogP contribution in [0.1, 0.15) is 126 Å². The highest BCUT2D eigenvalue weighted by Crippen LogP contribution is 2.38. The van der Waals surface area contributed by atoms with E-state index in [2.05, 4.69) is 0 Å². The van der Waals surface area contributed by atoms with Crippen LogP contribution in [0.3, 0.4) is 0 Å². The van der Waals surface area contributed by atoms with E-state index >= 15 is 0 Å². The predicted molar refractivity (Wildman–Crippen MR) is 251 cm³/mol. The molecule has 0 spiro atoms. The number of fused-ring (bicyclic) bond motifs is 3. The molecule has 0 aromatic carbocycles. The van der Waals surface area contributed by atoms with Crippen LogP contribution in [-0.4, -0.2) is 143 Å². The number of rotatable bonds is 8. The van der Waals surface area contributed by atoms with Crippen molar-refractivity contribution in [3.05, 3.63) is 47.6 Å². The van der Waals surface area contributed by atoms with Crippen molar-refractivity contribution >= 4 is 29.2 Å². The van der Waals surface area contributed by atoms with Gasteiger partial charge in [0.15, 0.2) is 5.78 Å². The molecule has 3 aliphatic heterocycles. The molecule has 3 heterocycles. The van der Waals surface area contributed by atoms with Crippen molar-refractivity contribution < 1.29 is 68.1 Å². The lowest BCUT2D eigenvalue weighted by molar-refractivity contribution is -0.265. The number of aliphatic hydroxyl groups is 4. The molecule has 15 nitrogen and oxygen atoms in total. The van der Waals surface area contributed by atoms with Crippen LogP contribution in [0, 0.1) is 35.5 Å². The summed E-state index contributed by atoms with van der Waals surface area (Å²) in [5.74, 6) is -8.25. The second kappa shape index (κ2) is 26.5. The third kappa shape index (κ3) is 15.3. The van der Waals surface area contributed by atoms with Gasteiger partial charge in [0.1, 0.15) is 30.1 Å². The van der Waals surface area contributed by atoms with Gasteiger partial charge < -0.3 is 49.0 Å². The molecule has 0 unspecified atom stereocenters. The highest BCUT2D eigenvalue weighted by molar-refractivity contribution is 6.39. The van der Waals surface area contributed by atoms with Gasteiger partial charge in [-0.1, -0.05) is 71.1 Å². The Balaban J connectivity index is 1.68. The second-order valence-electron chi connectivity index (χ2n) is 19.9. The molecular weight excluding hydrogens is 863 g/mol. The molecule has 2 bridgehead atoms. The molecule has 15 heteroatoms. The lowest BCUT2D eigenvalue weighted by Gasteiger charge is -2.42. The maximum atomic E-state index is 14.4. The number of cyclic esters (lactones) is 1. The number of esters is 1. The number of carbonyl (C=O) groups is 5. The van der Waals surface area contributed by atoms with E-state index in [1.807, 2.05) is 32.1 Å². The van der Waals surface area contributed by atoms with Gasteiger partial charge in [-0.3, -0.25) is 19.2 Å². The molecule has 0 aromatic heterocycles. The molecule has 378 valence electrons. The molecule has 4 N–H and O–H groups in total. The lowest BCUT2D eigenvalue weighted by atomic mass is 9.78. The number of amides is 1. The quantitative estimate of drug-likeness (QED) is 0.134. The number of ketones is 3. The zero-order chi connectivity index (χ0) is 49.6. The van der Waals surface area contributed by atoms with Crippen LogP contribution in [0.2, 0.25) is 0 Å². The Hall–Kier alpha value is -3.41. The SMILES string of the molecule is CO[C@H]1C[C@@H](C[C@@H](C)[C@@H]2CC(=O)[C@H](C)/C=C(\C)[C@@H](O)[C@@H](OC)C(=O)[C@H](C)C[C@H](C)/C=C/C=C/C=C(\C)[C@@H](O)C[C@@H]3CC[C@@H](C)[C@@](O)(O3)C(=O)C(=O)N3CCCC[C@H]3C(=O)O2)CC[C@@H]1OCCO. The maximum absolute atomic E-state index is 14.4. The fourth-order valence-electron chi connectivity index (χ4n) is 10.2. The predicted octanol–water partition coefficient (Wildman–Crippen LogP) is 5.54. The first-order chi connectivity index (χ1) is 31.7. The van der Waals surface area contributed by atoms with E-state index in [0.717, 1.165) is 11.3 Å². The summed E-state index contributed by atoms with van der Waals surface area (Å²) in [6.45, 7) is 12.6. The number of methoxy groups -OCH3 is 2. The number of piperidine rings is 1. The van der Waals surface area contributed by atoms with Crippen LogP contribution in [0.5, 0.6) is 0 Å². The zero-order valence-corrected chi connectivity index (χ0v) is 41.5. The molecule has 1 saturated carbocycles. The summed E-state index contributed by atoms with van der Waals surface area (Å²) in [5.41, 5.74) is 0.998. The summed E-state index contributed by atoms with van der Waals surface area (Å²) < 4.78 is 29.5. The van der Waals surface area contributed by atoms with Crippen LogP contribution in [-0.2, 0) is 47.7 Å². The zero-order valence-electron chi connectivity index (χ0n) is 41.5. The first-order valence-corrected chi connectivity index (χ1v) is 24.6. The largest absolute Gasteiger partial charge is 0.460 e. The van der Waals surface area contributed by atoms with Gasteiger partial charge in [0, 0.05) is 51.4 Å². The molecule has 15 atom stereocenters. The van der Waals surface area contributed by atoms with Crippen molar-refractivity contribution in [1.29, 1.82) is 0 Å². The normalized spacial score (nSPS) is 39.6. The van der Waals surface area contributed by atoms with Gasteiger partial charge >= 0.3 is 5.97 Å². The van der Waals surface area contributed by atoms with Gasteiger partial charge in [-0.2, -0.15) is 0 Å². The number of Topliss-reactive ketones (excluding diaryl/α,β-unsaturated/α-hetero) is 3. The van der Waals surface area contributed by atoms with Crippen LogP contribution >= 0.6 is 0 Å². The monoisotopic (exact) mass is 944 g/mol. The van der Waals surface area contributed by atoms with Gasteiger partial charge in [0.25, 0.3) is 11.7 Å². The Morgan fingerprint density at radius 2 is 1.60 bits per heavy atom. The Morgan fingerprint density at radius 3 is 2.28 bits per heavy atom. The van der Waals surface area contributed by atoms with Crippen molar-refractivity contribution in [3.63, 3.8) is 0 Å². The van der Waals surface area contributed by atoms with Crippen molar-refractivity contribution in [2.24, 2.45) is 35.5 Å². The van der Waals surface area contributed by atoms with E-state index in [9.17, 15) is 44.4 Å². The van der Waals surface area contributed by atoms with E-state index in [0.29, 0.717) is 62.5 Å². The summed E-state index contributed by atoms with van der Waals surface area (Å²) in [5, 5.41) is 43.8. The van der Waals surface area contributed by atoms with Gasteiger partial charge in [0.05, 0.1) is 37.6 Å². The second-order valence-corrected chi connectivity index (χ2v) is 19.9. The minimum Gasteiger partial charge on any atom is -0.460 e. The molecule has 4 aliphatic rings. The van der Waals surface area contributed by atoms with E-state index in [4.69, 9.17) is 23.7 Å². The molecule has 1 amide bonds. The van der Waals surface area contributed by atoms with Crippen LogP contribution in [0.4, 0.5) is 0 Å². The third-order valence-corrected chi connectivity index (χ3v) is 14.6.